The lowest BCUT2D eigenvalue weighted by Gasteiger charge is -2.19. The molecule has 156 valence electrons. The molecule has 10 heteroatoms. The Morgan fingerprint density at radius 2 is 1.68 bits per heavy atom. The Bertz CT molecular complexity index is 698. The zero-order valence-corrected chi connectivity index (χ0v) is 18.2. The lowest BCUT2D eigenvalue weighted by atomic mass is 10.1. The van der Waals surface area contributed by atoms with Crippen LogP contribution in [0.4, 0.5) is 0 Å². The van der Waals surface area contributed by atoms with Gasteiger partial charge in [0.25, 0.3) is 0 Å². The molecule has 0 spiro atoms. The van der Waals surface area contributed by atoms with Gasteiger partial charge in [-0.1, -0.05) is 17.7 Å². The molecule has 1 N–H and O–H groups in total. The van der Waals surface area contributed by atoms with Crippen LogP contribution in [-0.4, -0.2) is 53.5 Å². The maximum atomic E-state index is 10.8. The van der Waals surface area contributed by atoms with E-state index in [0.717, 1.165) is 5.57 Å². The highest BCUT2D eigenvalue weighted by molar-refractivity contribution is 6.33. The number of hydrogen-bond acceptors (Lipinski definition) is 5. The lowest BCUT2D eigenvalue weighted by molar-refractivity contribution is -0.144. The Morgan fingerprint density at radius 3 is 2.25 bits per heavy atom. The fourth-order valence-electron chi connectivity index (χ4n) is 2.03. The number of halogens is 4. The highest BCUT2D eigenvalue weighted by Crippen LogP contribution is 2.26. The van der Waals surface area contributed by atoms with Gasteiger partial charge < -0.3 is 19.3 Å². The van der Waals surface area contributed by atoms with Crippen molar-refractivity contribution in [3.05, 3.63) is 46.4 Å². The van der Waals surface area contributed by atoms with Gasteiger partial charge in [0, 0.05) is 0 Å². The Labute approximate surface area is 183 Å². The number of carboxylic acids is 1. The van der Waals surface area contributed by atoms with E-state index in [0.29, 0.717) is 23.0 Å². The number of aliphatic carboxylic acids is 1. The van der Waals surface area contributed by atoms with Crippen molar-refractivity contribution in [2.24, 2.45) is 0 Å². The molecule has 2 aliphatic carbocycles. The number of carbonyl (C=O) groups excluding carboxylic acids is 1. The van der Waals surface area contributed by atoms with E-state index < -0.39 is 11.9 Å². The molecule has 0 aromatic carbocycles. The summed E-state index contributed by atoms with van der Waals surface area (Å²) in [5.74, 6) is -0.487. The minimum Gasteiger partial charge on any atom is -0.482 e. The average Bonchev–Trinajstić information content (AvgIpc) is 2.63. The van der Waals surface area contributed by atoms with Gasteiger partial charge in [-0.3, -0.25) is 0 Å². The van der Waals surface area contributed by atoms with E-state index in [1.165, 1.54) is 7.11 Å². The molecule has 0 fully saturated rings. The smallest absolute Gasteiger partial charge is 0.343 e. The van der Waals surface area contributed by atoms with E-state index in [1.54, 1.807) is 31.2 Å². The second kappa shape index (κ2) is 12.3. The van der Waals surface area contributed by atoms with Crippen molar-refractivity contribution >= 4 is 58.3 Å². The first-order valence-electron chi connectivity index (χ1n) is 8.09. The van der Waals surface area contributed by atoms with Gasteiger partial charge in [-0.2, -0.15) is 0 Å². The maximum absolute atomic E-state index is 10.8. The van der Waals surface area contributed by atoms with Crippen LogP contribution in [0.2, 0.25) is 0 Å². The first-order valence-corrected chi connectivity index (χ1v) is 9.77. The van der Waals surface area contributed by atoms with Crippen molar-refractivity contribution in [1.82, 2.24) is 0 Å². The summed E-state index contributed by atoms with van der Waals surface area (Å²) in [6.45, 7) is 1.29. The third kappa shape index (κ3) is 8.78. The summed E-state index contributed by atoms with van der Waals surface area (Å²) in [7, 11) is 1.30. The van der Waals surface area contributed by atoms with Gasteiger partial charge in [-0.25, -0.2) is 9.59 Å². The van der Waals surface area contributed by atoms with E-state index in [2.05, 4.69) is 4.74 Å². The highest BCUT2D eigenvalue weighted by atomic mass is 35.5. The largest absolute Gasteiger partial charge is 0.482 e. The second-order valence-electron chi connectivity index (χ2n) is 5.65. The molecule has 0 saturated carbocycles. The van der Waals surface area contributed by atoms with E-state index in [4.69, 9.17) is 61.0 Å². The maximum Gasteiger partial charge on any atom is 0.343 e. The molecule has 2 aliphatic rings. The molecule has 0 aliphatic heterocycles. The van der Waals surface area contributed by atoms with Crippen molar-refractivity contribution in [1.29, 1.82) is 0 Å². The summed E-state index contributed by atoms with van der Waals surface area (Å²) in [6.07, 6.45) is 7.45. The predicted octanol–water partition coefficient (Wildman–Crippen LogP) is 4.34. The van der Waals surface area contributed by atoms with Crippen LogP contribution in [-0.2, 0) is 23.8 Å². The summed E-state index contributed by atoms with van der Waals surface area (Å²) in [6, 6.07) is 0. The number of carboxylic acid groups (broad SMARTS) is 1. The molecule has 0 radical (unpaired) electrons. The molecule has 3 unspecified atom stereocenters. The van der Waals surface area contributed by atoms with Gasteiger partial charge in [0.05, 0.1) is 28.3 Å². The number of esters is 1. The predicted molar refractivity (Wildman–Crippen MR) is 109 cm³/mol. The van der Waals surface area contributed by atoms with Crippen LogP contribution in [0.25, 0.3) is 0 Å². The van der Waals surface area contributed by atoms with Crippen molar-refractivity contribution < 1.29 is 28.9 Å². The number of rotatable bonds is 6. The van der Waals surface area contributed by atoms with Gasteiger partial charge in [-0.05, 0) is 37.1 Å². The van der Waals surface area contributed by atoms with E-state index in [1.807, 2.05) is 0 Å². The highest BCUT2D eigenvalue weighted by Gasteiger charge is 2.20. The van der Waals surface area contributed by atoms with Gasteiger partial charge in [0.1, 0.15) is 11.5 Å². The van der Waals surface area contributed by atoms with E-state index >= 15 is 0 Å². The first kappa shape index (κ1) is 24.7. The molecule has 0 bridgehead atoms. The normalized spacial score (nSPS) is 23.7. The summed E-state index contributed by atoms with van der Waals surface area (Å²) in [5.41, 5.74) is 0.808. The number of ether oxygens (including phenoxy) is 3. The van der Waals surface area contributed by atoms with Crippen molar-refractivity contribution in [3.8, 4) is 0 Å². The minimum absolute atomic E-state index is 0.104. The van der Waals surface area contributed by atoms with Crippen molar-refractivity contribution in [2.75, 3.05) is 20.3 Å². The molecule has 0 heterocycles. The monoisotopic (exact) mass is 472 g/mol. The van der Waals surface area contributed by atoms with Gasteiger partial charge in [0.15, 0.2) is 13.2 Å². The zero-order chi connectivity index (χ0) is 21.3. The third-order valence-electron chi connectivity index (χ3n) is 3.43. The Morgan fingerprint density at radius 1 is 1.07 bits per heavy atom. The zero-order valence-electron chi connectivity index (χ0n) is 15.2. The summed E-state index contributed by atoms with van der Waals surface area (Å²) >= 11 is 23.4. The van der Waals surface area contributed by atoms with Crippen LogP contribution in [0.5, 0.6) is 0 Å². The van der Waals surface area contributed by atoms with Crippen LogP contribution >= 0.6 is 46.4 Å². The van der Waals surface area contributed by atoms with Crippen LogP contribution in [0.15, 0.2) is 46.4 Å². The minimum atomic E-state index is -1.02. The Balaban J connectivity index is 0.000000280. The number of carbonyl (C=O) groups is 2. The molecule has 0 aromatic heterocycles. The van der Waals surface area contributed by atoms with E-state index in [9.17, 15) is 9.59 Å². The number of methoxy groups -OCH3 is 1. The van der Waals surface area contributed by atoms with Crippen LogP contribution in [0.1, 0.15) is 13.3 Å². The lowest BCUT2D eigenvalue weighted by Crippen LogP contribution is -2.18. The molecular formula is C18H20Cl4O6. The molecule has 6 nitrogen and oxygen atoms in total. The molecule has 0 saturated heterocycles. The SMILES string of the molecule is CC1=CC(Cl)C(Cl)C=C1OCC(=O)O.COC(=O)COC1=CCC(Cl)C=C1Cl. The van der Waals surface area contributed by atoms with Crippen molar-refractivity contribution in [3.63, 3.8) is 0 Å². The van der Waals surface area contributed by atoms with Gasteiger partial charge in [-0.15, -0.1) is 34.8 Å². The van der Waals surface area contributed by atoms with Crippen LogP contribution < -0.4 is 0 Å². The molecule has 0 amide bonds. The average molecular weight is 474 g/mol. The molecule has 3 atom stereocenters. The number of alkyl halides is 3. The summed E-state index contributed by atoms with van der Waals surface area (Å²) in [5, 5.41) is 8.12. The number of hydrogen-bond donors (Lipinski definition) is 1. The van der Waals surface area contributed by atoms with Crippen LogP contribution in [0, 0.1) is 0 Å². The van der Waals surface area contributed by atoms with Crippen molar-refractivity contribution in [2.45, 2.75) is 29.5 Å². The van der Waals surface area contributed by atoms with E-state index in [-0.39, 0.29) is 29.3 Å². The summed E-state index contributed by atoms with van der Waals surface area (Å²) < 4.78 is 14.6. The fraction of sp³-hybridized carbons (Fsp3) is 0.444. The molecule has 2 rings (SSSR count). The van der Waals surface area contributed by atoms with Crippen LogP contribution in [0.3, 0.4) is 0 Å². The topological polar surface area (TPSA) is 82.1 Å². The standard InChI is InChI=1S/2C9H10Cl2O3/c1-5-2-6(10)7(11)3-8(5)14-4-9(12)13;1-13-9(12)5-14-8-3-2-6(10)4-7(8)11/h2-3,6-7H,4H2,1H3,(H,12,13);3-4,6H,2,5H2,1H3. The quantitative estimate of drug-likeness (QED) is 0.456. The van der Waals surface area contributed by atoms with Gasteiger partial charge in [0.2, 0.25) is 0 Å². The molecular weight excluding hydrogens is 454 g/mol. The summed E-state index contributed by atoms with van der Waals surface area (Å²) in [4.78, 5) is 21.0. The first-order chi connectivity index (χ1) is 13.1. The molecule has 28 heavy (non-hydrogen) atoms. The van der Waals surface area contributed by atoms with Gasteiger partial charge >= 0.3 is 11.9 Å². The third-order valence-corrected chi connectivity index (χ3v) is 4.97. The Kier molecular flexibility index (Phi) is 10.8. The Hall–Kier alpha value is -1.34. The fourth-order valence-corrected chi connectivity index (χ4v) is 3.04. The second-order valence-corrected chi connectivity index (χ2v) is 7.63. The number of allylic oxidation sites excluding steroid dienone is 6. The molecule has 0 aromatic rings.